The van der Waals surface area contributed by atoms with Gasteiger partial charge in [-0.05, 0) is 26.0 Å². The number of benzene rings is 1. The number of furan rings is 1. The molecule has 0 saturated heterocycles. The summed E-state index contributed by atoms with van der Waals surface area (Å²) in [6.07, 6.45) is 0.0155. The maximum absolute atomic E-state index is 12.1. The summed E-state index contributed by atoms with van der Waals surface area (Å²) in [7, 11) is 0. The van der Waals surface area contributed by atoms with Crippen molar-refractivity contribution in [1.29, 1.82) is 0 Å². The highest BCUT2D eigenvalue weighted by molar-refractivity contribution is 6.10. The van der Waals surface area contributed by atoms with Crippen LogP contribution in [0.4, 0.5) is 5.88 Å². The summed E-state index contributed by atoms with van der Waals surface area (Å²) in [6, 6.07) is 9.02. The quantitative estimate of drug-likeness (QED) is 0.697. The summed E-state index contributed by atoms with van der Waals surface area (Å²) in [5.41, 5.74) is 5.03. The van der Waals surface area contributed by atoms with Crippen molar-refractivity contribution in [2.75, 3.05) is 18.5 Å². The molecule has 0 unspecified atom stereocenters. The van der Waals surface area contributed by atoms with Crippen LogP contribution >= 0.6 is 0 Å². The normalized spacial score (nSPS) is 10.2. The number of ether oxygens (including phenoxy) is 2. The van der Waals surface area contributed by atoms with Gasteiger partial charge in [0.05, 0.1) is 19.6 Å². The van der Waals surface area contributed by atoms with Crippen molar-refractivity contribution in [1.82, 2.24) is 0 Å². The zero-order valence-electron chi connectivity index (χ0n) is 14.5. The van der Waals surface area contributed by atoms with Gasteiger partial charge in [-0.15, -0.1) is 0 Å². The number of hydrogen-bond donors (Lipinski definition) is 2. The molecule has 0 aliphatic heterocycles. The van der Waals surface area contributed by atoms with Crippen LogP contribution in [0.1, 0.15) is 39.8 Å². The highest BCUT2D eigenvalue weighted by Gasteiger charge is 2.29. The molecule has 2 rings (SSSR count). The lowest BCUT2D eigenvalue weighted by Gasteiger charge is -2.06. The van der Waals surface area contributed by atoms with Crippen LogP contribution in [-0.4, -0.2) is 31.0 Å². The first-order valence-electron chi connectivity index (χ1n) is 8.02. The van der Waals surface area contributed by atoms with Crippen molar-refractivity contribution in [3.63, 3.8) is 0 Å². The molecule has 8 nitrogen and oxygen atoms in total. The van der Waals surface area contributed by atoms with Crippen LogP contribution < -0.4 is 15.8 Å². The van der Waals surface area contributed by atoms with Crippen LogP contribution in [0.25, 0.3) is 0 Å². The molecule has 0 bridgehead atoms. The maximum Gasteiger partial charge on any atom is 0.342 e. The van der Waals surface area contributed by atoms with E-state index in [9.17, 15) is 14.4 Å². The Morgan fingerprint density at radius 3 is 2.46 bits per heavy atom. The van der Waals surface area contributed by atoms with Gasteiger partial charge in [-0.1, -0.05) is 18.2 Å². The number of rotatable bonds is 8. The second-order valence-corrected chi connectivity index (χ2v) is 5.28. The smallest absolute Gasteiger partial charge is 0.342 e. The first kappa shape index (κ1) is 19.0. The van der Waals surface area contributed by atoms with Crippen molar-refractivity contribution >= 4 is 23.7 Å². The van der Waals surface area contributed by atoms with Gasteiger partial charge in [-0.3, -0.25) is 14.9 Å². The van der Waals surface area contributed by atoms with Crippen molar-refractivity contribution in [2.24, 2.45) is 5.73 Å². The number of carbonyl (C=O) groups is 3. The van der Waals surface area contributed by atoms with E-state index in [1.165, 1.54) is 6.92 Å². The Morgan fingerprint density at radius 2 is 1.85 bits per heavy atom. The number of hydrogen-bond acceptors (Lipinski definition) is 6. The molecule has 8 heteroatoms. The topological polar surface area (TPSA) is 121 Å². The van der Waals surface area contributed by atoms with Crippen LogP contribution in [0, 0.1) is 6.92 Å². The van der Waals surface area contributed by atoms with Crippen LogP contribution in [0.3, 0.4) is 0 Å². The monoisotopic (exact) mass is 360 g/mol. The molecule has 26 heavy (non-hydrogen) atoms. The number of para-hydroxylation sites is 1. The molecule has 0 radical (unpaired) electrons. The summed E-state index contributed by atoms with van der Waals surface area (Å²) in [5.74, 6) is -1.50. The predicted octanol–water partition coefficient (Wildman–Crippen LogP) is 2.27. The van der Waals surface area contributed by atoms with Gasteiger partial charge in [-0.25, -0.2) is 4.79 Å². The van der Waals surface area contributed by atoms with Gasteiger partial charge in [0.15, 0.2) is 0 Å². The third-order valence-electron chi connectivity index (χ3n) is 3.40. The summed E-state index contributed by atoms with van der Waals surface area (Å²) < 4.78 is 15.7. The van der Waals surface area contributed by atoms with Gasteiger partial charge >= 0.3 is 5.97 Å². The highest BCUT2D eigenvalue weighted by atomic mass is 16.5. The number of aryl methyl sites for hydroxylation is 1. The fraction of sp³-hybridized carbons (Fsp3) is 0.278. The van der Waals surface area contributed by atoms with Crippen LogP contribution in [0.2, 0.25) is 0 Å². The van der Waals surface area contributed by atoms with Crippen LogP contribution in [0.15, 0.2) is 34.7 Å². The van der Waals surface area contributed by atoms with Gasteiger partial charge in [0, 0.05) is 0 Å². The van der Waals surface area contributed by atoms with E-state index in [2.05, 4.69) is 5.32 Å². The standard InChI is InChI=1S/C18H20N2O6/c1-3-24-18(23)14-11(2)26-17(15(14)16(19)22)20-13(21)9-10-25-12-7-5-4-6-8-12/h4-8H,3,9-10H2,1-2H3,(H2,19,22)(H,20,21). The summed E-state index contributed by atoms with van der Waals surface area (Å²) >= 11 is 0. The minimum absolute atomic E-state index is 0.0155. The van der Waals surface area contributed by atoms with Crippen molar-refractivity contribution in [3.8, 4) is 5.75 Å². The van der Waals surface area contributed by atoms with Crippen molar-refractivity contribution < 1.29 is 28.3 Å². The van der Waals surface area contributed by atoms with Crippen molar-refractivity contribution in [2.45, 2.75) is 20.3 Å². The van der Waals surface area contributed by atoms with E-state index < -0.39 is 17.8 Å². The minimum atomic E-state index is -0.902. The average Bonchev–Trinajstić information content (AvgIpc) is 2.92. The molecule has 138 valence electrons. The molecule has 3 N–H and O–H groups in total. The number of anilines is 1. The molecule has 2 amide bonds. The molecule has 1 heterocycles. The molecule has 0 atom stereocenters. The second-order valence-electron chi connectivity index (χ2n) is 5.28. The Balaban J connectivity index is 2.06. The first-order chi connectivity index (χ1) is 12.4. The Bertz CT molecular complexity index is 798. The molecule has 0 saturated carbocycles. The molecular weight excluding hydrogens is 340 g/mol. The van der Waals surface area contributed by atoms with E-state index in [4.69, 9.17) is 19.6 Å². The van der Waals surface area contributed by atoms with Crippen LogP contribution in [0.5, 0.6) is 5.75 Å². The van der Waals surface area contributed by atoms with Crippen molar-refractivity contribution in [3.05, 3.63) is 47.2 Å². The number of esters is 1. The molecule has 0 fully saturated rings. The molecule has 0 aliphatic carbocycles. The average molecular weight is 360 g/mol. The first-order valence-corrected chi connectivity index (χ1v) is 8.02. The van der Waals surface area contributed by atoms with E-state index in [0.29, 0.717) is 5.75 Å². The van der Waals surface area contributed by atoms with E-state index in [-0.39, 0.29) is 42.4 Å². The van der Waals surface area contributed by atoms with E-state index in [1.807, 2.05) is 18.2 Å². The lowest BCUT2D eigenvalue weighted by Crippen LogP contribution is -2.21. The van der Waals surface area contributed by atoms with Gasteiger partial charge in [0.2, 0.25) is 11.8 Å². The summed E-state index contributed by atoms with van der Waals surface area (Å²) in [5, 5.41) is 2.44. The van der Waals surface area contributed by atoms with E-state index >= 15 is 0 Å². The molecule has 1 aromatic carbocycles. The van der Waals surface area contributed by atoms with Gasteiger partial charge < -0.3 is 19.6 Å². The zero-order valence-corrected chi connectivity index (χ0v) is 14.5. The zero-order chi connectivity index (χ0) is 19.1. The van der Waals surface area contributed by atoms with E-state index in [1.54, 1.807) is 19.1 Å². The number of nitrogens with two attached hydrogens (primary N) is 1. The number of nitrogens with one attached hydrogen (secondary N) is 1. The largest absolute Gasteiger partial charge is 0.493 e. The molecular formula is C18H20N2O6. The lowest BCUT2D eigenvalue weighted by molar-refractivity contribution is -0.116. The molecule has 0 aliphatic rings. The number of amides is 2. The Labute approximate surface area is 150 Å². The fourth-order valence-corrected chi connectivity index (χ4v) is 2.28. The second kappa shape index (κ2) is 8.70. The van der Waals surface area contributed by atoms with Crippen LogP contribution in [-0.2, 0) is 9.53 Å². The van der Waals surface area contributed by atoms with Gasteiger partial charge in [0.25, 0.3) is 5.91 Å². The number of primary amides is 1. The summed E-state index contributed by atoms with van der Waals surface area (Å²) in [6.45, 7) is 3.37. The minimum Gasteiger partial charge on any atom is -0.493 e. The Hall–Kier alpha value is -3.29. The third kappa shape index (κ3) is 4.62. The molecule has 1 aromatic heterocycles. The molecule has 2 aromatic rings. The number of carbonyl (C=O) groups excluding carboxylic acids is 3. The molecule has 0 spiro atoms. The fourth-order valence-electron chi connectivity index (χ4n) is 2.28. The third-order valence-corrected chi connectivity index (χ3v) is 3.40. The SMILES string of the molecule is CCOC(=O)c1c(C)oc(NC(=O)CCOc2ccccc2)c1C(N)=O. The Morgan fingerprint density at radius 1 is 1.15 bits per heavy atom. The van der Waals surface area contributed by atoms with Gasteiger partial charge in [-0.2, -0.15) is 0 Å². The maximum atomic E-state index is 12.1. The lowest BCUT2D eigenvalue weighted by atomic mass is 10.1. The highest BCUT2D eigenvalue weighted by Crippen LogP contribution is 2.27. The van der Waals surface area contributed by atoms with E-state index in [0.717, 1.165) is 0 Å². The summed E-state index contributed by atoms with van der Waals surface area (Å²) in [4.78, 5) is 35.8. The van der Waals surface area contributed by atoms with Gasteiger partial charge in [0.1, 0.15) is 22.6 Å². The predicted molar refractivity (Wildman–Crippen MR) is 93.1 cm³/mol. The Kier molecular flexibility index (Phi) is 6.37.